The number of rotatable bonds is 5. The molecule has 0 amide bonds. The van der Waals surface area contributed by atoms with Gasteiger partial charge in [0.05, 0.1) is 19.8 Å². The van der Waals surface area contributed by atoms with Crippen LogP contribution < -0.4 is 0 Å². The molecule has 3 nitrogen and oxygen atoms in total. The van der Waals surface area contributed by atoms with E-state index < -0.39 is 6.10 Å². The summed E-state index contributed by atoms with van der Waals surface area (Å²) >= 11 is 0. The number of aliphatic hydroxyl groups is 1. The van der Waals surface area contributed by atoms with Crippen molar-refractivity contribution in [2.75, 3.05) is 13.2 Å². The van der Waals surface area contributed by atoms with Gasteiger partial charge in [0.25, 0.3) is 0 Å². The van der Waals surface area contributed by atoms with Crippen LogP contribution >= 0.6 is 0 Å². The third kappa shape index (κ3) is 2.80. The SMILES string of the molecule is OC(COCc1ccccc1)C1CO1. The predicted molar refractivity (Wildman–Crippen MR) is 51.8 cm³/mol. The monoisotopic (exact) mass is 194 g/mol. The van der Waals surface area contributed by atoms with E-state index in [1.807, 2.05) is 30.3 Å². The van der Waals surface area contributed by atoms with E-state index in [4.69, 9.17) is 9.47 Å². The molecular formula is C11H14O3. The minimum Gasteiger partial charge on any atom is -0.388 e. The van der Waals surface area contributed by atoms with E-state index in [0.29, 0.717) is 19.8 Å². The minimum absolute atomic E-state index is 0.00535. The summed E-state index contributed by atoms with van der Waals surface area (Å²) in [4.78, 5) is 0. The smallest absolute Gasteiger partial charge is 0.109 e. The summed E-state index contributed by atoms with van der Waals surface area (Å²) in [6, 6.07) is 9.91. The maximum absolute atomic E-state index is 9.42. The topological polar surface area (TPSA) is 42.0 Å². The lowest BCUT2D eigenvalue weighted by Gasteiger charge is -2.08. The molecule has 0 aromatic heterocycles. The van der Waals surface area contributed by atoms with Crippen LogP contribution in [0.25, 0.3) is 0 Å². The standard InChI is InChI=1S/C11H14O3/c12-10(11-8-14-11)7-13-6-9-4-2-1-3-5-9/h1-5,10-12H,6-8H2. The van der Waals surface area contributed by atoms with Crippen molar-refractivity contribution >= 4 is 0 Å². The van der Waals surface area contributed by atoms with E-state index in [1.54, 1.807) is 0 Å². The molecule has 3 heteroatoms. The summed E-state index contributed by atoms with van der Waals surface area (Å²) in [6.07, 6.45) is -0.468. The molecule has 2 atom stereocenters. The van der Waals surface area contributed by atoms with E-state index >= 15 is 0 Å². The Labute approximate surface area is 83.3 Å². The van der Waals surface area contributed by atoms with Crippen LogP contribution in [0, 0.1) is 0 Å². The zero-order valence-electron chi connectivity index (χ0n) is 7.93. The second-order valence-corrected chi connectivity index (χ2v) is 3.44. The van der Waals surface area contributed by atoms with Gasteiger partial charge in [-0.1, -0.05) is 30.3 Å². The molecule has 0 saturated carbocycles. The highest BCUT2D eigenvalue weighted by atomic mass is 16.6. The van der Waals surface area contributed by atoms with E-state index in [0.717, 1.165) is 5.56 Å². The van der Waals surface area contributed by atoms with Gasteiger partial charge in [0.2, 0.25) is 0 Å². The van der Waals surface area contributed by atoms with E-state index in [9.17, 15) is 5.11 Å². The molecule has 2 unspecified atom stereocenters. The van der Waals surface area contributed by atoms with Crippen molar-refractivity contribution in [2.24, 2.45) is 0 Å². The van der Waals surface area contributed by atoms with Gasteiger partial charge in [-0.05, 0) is 5.56 Å². The lowest BCUT2D eigenvalue weighted by molar-refractivity contribution is 0.0148. The molecule has 0 radical (unpaired) electrons. The van der Waals surface area contributed by atoms with Crippen LogP contribution in [0.1, 0.15) is 5.56 Å². The number of hydrogen-bond donors (Lipinski definition) is 1. The highest BCUT2D eigenvalue weighted by molar-refractivity contribution is 5.13. The normalized spacial score (nSPS) is 21.9. The molecule has 1 aromatic rings. The van der Waals surface area contributed by atoms with Crippen LogP contribution in [-0.2, 0) is 16.1 Å². The second-order valence-electron chi connectivity index (χ2n) is 3.44. The Balaban J connectivity index is 1.67. The largest absolute Gasteiger partial charge is 0.388 e. The zero-order chi connectivity index (χ0) is 9.80. The Morgan fingerprint density at radius 1 is 1.43 bits per heavy atom. The molecule has 1 N–H and O–H groups in total. The highest BCUT2D eigenvalue weighted by Gasteiger charge is 2.31. The van der Waals surface area contributed by atoms with Crippen LogP contribution in [0.2, 0.25) is 0 Å². The van der Waals surface area contributed by atoms with Gasteiger partial charge in [-0.25, -0.2) is 0 Å². The zero-order valence-corrected chi connectivity index (χ0v) is 7.93. The molecule has 2 rings (SSSR count). The molecule has 1 aliphatic heterocycles. The maximum Gasteiger partial charge on any atom is 0.109 e. The van der Waals surface area contributed by atoms with Crippen LogP contribution in [0.5, 0.6) is 0 Å². The fourth-order valence-corrected chi connectivity index (χ4v) is 1.26. The Hall–Kier alpha value is -0.900. The molecule has 1 aliphatic rings. The van der Waals surface area contributed by atoms with Crippen LogP contribution in [0.3, 0.4) is 0 Å². The lowest BCUT2D eigenvalue weighted by atomic mass is 10.2. The van der Waals surface area contributed by atoms with Crippen molar-refractivity contribution in [3.8, 4) is 0 Å². The van der Waals surface area contributed by atoms with Gasteiger partial charge in [-0.3, -0.25) is 0 Å². The molecule has 1 aromatic carbocycles. The minimum atomic E-state index is -0.473. The average molecular weight is 194 g/mol. The number of ether oxygens (including phenoxy) is 2. The van der Waals surface area contributed by atoms with Gasteiger partial charge >= 0.3 is 0 Å². The molecule has 1 saturated heterocycles. The average Bonchev–Trinajstić information content (AvgIpc) is 3.02. The van der Waals surface area contributed by atoms with Crippen LogP contribution in [0.15, 0.2) is 30.3 Å². The van der Waals surface area contributed by atoms with Crippen molar-refractivity contribution in [3.63, 3.8) is 0 Å². The molecular weight excluding hydrogens is 180 g/mol. The number of aliphatic hydroxyl groups excluding tert-OH is 1. The fraction of sp³-hybridized carbons (Fsp3) is 0.455. The van der Waals surface area contributed by atoms with E-state index in [2.05, 4.69) is 0 Å². The Bertz CT molecular complexity index is 269. The maximum atomic E-state index is 9.42. The van der Waals surface area contributed by atoms with Gasteiger partial charge in [-0.2, -0.15) is 0 Å². The summed E-state index contributed by atoms with van der Waals surface area (Å²) in [7, 11) is 0. The first-order valence-corrected chi connectivity index (χ1v) is 4.77. The Kier molecular flexibility index (Phi) is 3.14. The van der Waals surface area contributed by atoms with Gasteiger partial charge < -0.3 is 14.6 Å². The van der Waals surface area contributed by atoms with Crippen molar-refractivity contribution in [1.82, 2.24) is 0 Å². The number of benzene rings is 1. The Morgan fingerprint density at radius 2 is 2.14 bits per heavy atom. The van der Waals surface area contributed by atoms with Crippen molar-refractivity contribution < 1.29 is 14.6 Å². The molecule has 1 fully saturated rings. The summed E-state index contributed by atoms with van der Waals surface area (Å²) in [5, 5.41) is 9.42. The highest BCUT2D eigenvalue weighted by Crippen LogP contribution is 2.14. The number of hydrogen-bond acceptors (Lipinski definition) is 3. The molecule has 76 valence electrons. The summed E-state index contributed by atoms with van der Waals surface area (Å²) < 4.78 is 10.3. The number of epoxide rings is 1. The van der Waals surface area contributed by atoms with Gasteiger partial charge in [0, 0.05) is 0 Å². The fourth-order valence-electron chi connectivity index (χ4n) is 1.26. The van der Waals surface area contributed by atoms with Crippen molar-refractivity contribution in [3.05, 3.63) is 35.9 Å². The molecule has 14 heavy (non-hydrogen) atoms. The van der Waals surface area contributed by atoms with Crippen LogP contribution in [0.4, 0.5) is 0 Å². The quantitative estimate of drug-likeness (QED) is 0.710. The van der Waals surface area contributed by atoms with Crippen molar-refractivity contribution in [1.29, 1.82) is 0 Å². The first kappa shape index (κ1) is 9.65. The van der Waals surface area contributed by atoms with E-state index in [-0.39, 0.29) is 6.10 Å². The first-order chi connectivity index (χ1) is 6.86. The van der Waals surface area contributed by atoms with Crippen LogP contribution in [-0.4, -0.2) is 30.5 Å². The summed E-state index contributed by atoms with van der Waals surface area (Å²) in [6.45, 7) is 1.56. The lowest BCUT2D eigenvalue weighted by Crippen LogP contribution is -2.21. The first-order valence-electron chi connectivity index (χ1n) is 4.77. The molecule has 1 heterocycles. The van der Waals surface area contributed by atoms with Gasteiger partial charge in [0.1, 0.15) is 12.2 Å². The summed E-state index contributed by atoms with van der Waals surface area (Å²) in [5.74, 6) is 0. The third-order valence-electron chi connectivity index (χ3n) is 2.19. The van der Waals surface area contributed by atoms with Gasteiger partial charge in [-0.15, -0.1) is 0 Å². The second kappa shape index (κ2) is 4.55. The predicted octanol–water partition coefficient (Wildman–Crippen LogP) is 0.963. The molecule has 0 aliphatic carbocycles. The van der Waals surface area contributed by atoms with Crippen molar-refractivity contribution in [2.45, 2.75) is 18.8 Å². The molecule has 0 bridgehead atoms. The Morgan fingerprint density at radius 3 is 2.79 bits per heavy atom. The molecule has 0 spiro atoms. The van der Waals surface area contributed by atoms with Gasteiger partial charge in [0.15, 0.2) is 0 Å². The summed E-state index contributed by atoms with van der Waals surface area (Å²) in [5.41, 5.74) is 1.12. The van der Waals surface area contributed by atoms with E-state index in [1.165, 1.54) is 0 Å². The third-order valence-corrected chi connectivity index (χ3v) is 2.19.